The van der Waals surface area contributed by atoms with Crippen molar-refractivity contribution in [1.29, 1.82) is 0 Å². The van der Waals surface area contributed by atoms with Gasteiger partial charge < -0.3 is 24.7 Å². The third kappa shape index (κ3) is 8.08. The number of benzene rings is 2. The van der Waals surface area contributed by atoms with Crippen LogP contribution in [-0.4, -0.2) is 92.3 Å². The molecule has 4 aliphatic carbocycles. The maximum atomic E-state index is 14.7. The van der Waals surface area contributed by atoms with Crippen molar-refractivity contribution >= 4 is 44.0 Å². The van der Waals surface area contributed by atoms with Crippen molar-refractivity contribution in [2.45, 2.75) is 75.8 Å². The quantitative estimate of drug-likeness (QED) is 0.0683. The van der Waals surface area contributed by atoms with E-state index < -0.39 is 37.1 Å². The van der Waals surface area contributed by atoms with Crippen molar-refractivity contribution in [3.63, 3.8) is 0 Å². The number of carbonyl (C=O) groups is 1. The number of nitrogens with zero attached hydrogens (tertiary/aromatic N) is 4. The number of H-pyrrole nitrogens is 1. The monoisotopic (exact) mass is 841 g/mol. The number of piperazine rings is 1. The first kappa shape index (κ1) is 40.4. The van der Waals surface area contributed by atoms with Crippen LogP contribution in [0.4, 0.5) is 21.5 Å². The zero-order valence-electron chi connectivity index (χ0n) is 34.1. The summed E-state index contributed by atoms with van der Waals surface area (Å²) in [5.74, 6) is -0.206. The summed E-state index contributed by atoms with van der Waals surface area (Å²) in [6.07, 6.45) is 10.2. The van der Waals surface area contributed by atoms with Gasteiger partial charge in [-0.1, -0.05) is 25.0 Å². The Morgan fingerprint density at radius 1 is 1.07 bits per heavy atom. The van der Waals surface area contributed by atoms with E-state index in [0.29, 0.717) is 50.4 Å². The third-order valence-corrected chi connectivity index (χ3v) is 14.7. The lowest BCUT2D eigenvalue weighted by Gasteiger charge is -2.68. The van der Waals surface area contributed by atoms with Gasteiger partial charge in [0, 0.05) is 87.3 Å². The molecular weight excluding hydrogens is 790 g/mol. The van der Waals surface area contributed by atoms with Crippen LogP contribution < -0.4 is 19.7 Å². The normalized spacial score (nSPS) is 24.4. The first-order valence-corrected chi connectivity index (χ1v) is 22.4. The van der Waals surface area contributed by atoms with Crippen LogP contribution in [0.1, 0.15) is 75.6 Å². The number of allylic oxidation sites excluding steroid dienone is 1. The number of carbonyl (C=O) groups excluding carboxylic acids is 1. The molecule has 2 bridgehead atoms. The van der Waals surface area contributed by atoms with Crippen molar-refractivity contribution in [1.82, 2.24) is 19.6 Å². The molecule has 16 heteroatoms. The Kier molecular flexibility index (Phi) is 10.4. The van der Waals surface area contributed by atoms with Crippen LogP contribution in [0.15, 0.2) is 77.0 Å². The lowest BCUT2D eigenvalue weighted by Crippen LogP contribution is -2.65. The predicted octanol–water partition coefficient (Wildman–Crippen LogP) is 7.74. The standard InChI is InChI=1S/C44H52FN7O7S/c1-42(2)11-7-31(36(22-42)43-26-44(45,27-43)28-43)25-50-13-15-51(16-14-50)32-3-5-35(39(20-32)59-33-19-30-8-12-46-40(30)48-24-33)41(53)49-60(56,57)34-4-6-37(38(21-34)52(54)55)47-23-29-9-17-58-18-10-29/h3-6,8,12,19-21,24,29,47H,7,9-11,13-18,22-23,25-28H2,1-2H3,(H,46,48)(H,49,53). The van der Waals surface area contributed by atoms with E-state index in [2.05, 4.69) is 43.7 Å². The summed E-state index contributed by atoms with van der Waals surface area (Å²) < 4.78 is 55.8. The number of hydrogen-bond donors (Lipinski definition) is 3. The van der Waals surface area contributed by atoms with Crippen LogP contribution in [-0.2, 0) is 14.8 Å². The van der Waals surface area contributed by atoms with Crippen LogP contribution in [0, 0.1) is 26.9 Å². The second kappa shape index (κ2) is 15.4. The van der Waals surface area contributed by atoms with Crippen molar-refractivity contribution in [2.75, 3.05) is 62.7 Å². The molecule has 3 saturated carbocycles. The molecule has 318 valence electrons. The first-order valence-electron chi connectivity index (χ1n) is 21.0. The highest BCUT2D eigenvalue weighted by Gasteiger charge is 2.70. The molecule has 6 aliphatic rings. The molecular formula is C44H52FN7O7S. The zero-order valence-corrected chi connectivity index (χ0v) is 34.9. The van der Waals surface area contributed by atoms with Gasteiger partial charge >= 0.3 is 0 Å². The van der Waals surface area contributed by atoms with E-state index in [9.17, 15) is 27.7 Å². The minimum absolute atomic E-state index is 0.0391. The van der Waals surface area contributed by atoms with Crippen molar-refractivity contribution in [2.24, 2.45) is 16.7 Å². The highest BCUT2D eigenvalue weighted by molar-refractivity contribution is 7.90. The number of alkyl halides is 1. The van der Waals surface area contributed by atoms with Crippen LogP contribution in [0.3, 0.4) is 0 Å². The van der Waals surface area contributed by atoms with Crippen molar-refractivity contribution in [3.05, 3.63) is 87.7 Å². The topological polar surface area (TPSA) is 172 Å². The molecule has 2 aliphatic heterocycles. The predicted molar refractivity (Wildman–Crippen MR) is 226 cm³/mol. The summed E-state index contributed by atoms with van der Waals surface area (Å²) in [5, 5.41) is 15.9. The molecule has 0 radical (unpaired) electrons. The molecule has 10 rings (SSSR count). The number of nitro groups is 1. The van der Waals surface area contributed by atoms with Gasteiger partial charge in [-0.2, -0.15) is 0 Å². The lowest BCUT2D eigenvalue weighted by atomic mass is 9.38. The smallest absolute Gasteiger partial charge is 0.293 e. The molecule has 0 unspecified atom stereocenters. The summed E-state index contributed by atoms with van der Waals surface area (Å²) in [7, 11) is -4.55. The average Bonchev–Trinajstić information content (AvgIpc) is 3.68. The summed E-state index contributed by atoms with van der Waals surface area (Å²) in [4.78, 5) is 37.1. The number of nitrogens with one attached hydrogen (secondary N) is 3. The van der Waals surface area contributed by atoms with E-state index in [1.807, 2.05) is 6.07 Å². The van der Waals surface area contributed by atoms with E-state index in [1.165, 1.54) is 35.5 Å². The van der Waals surface area contributed by atoms with E-state index in [0.717, 1.165) is 82.0 Å². The van der Waals surface area contributed by atoms with E-state index in [4.69, 9.17) is 9.47 Å². The third-order valence-electron chi connectivity index (χ3n) is 13.4. The molecule has 14 nitrogen and oxygen atoms in total. The number of aromatic amines is 1. The van der Waals surface area contributed by atoms with Gasteiger partial charge in [0.15, 0.2) is 0 Å². The number of nitro benzene ring substituents is 1. The Balaban J connectivity index is 0.922. The number of aromatic nitrogens is 2. The van der Waals surface area contributed by atoms with E-state index in [1.54, 1.807) is 24.4 Å². The van der Waals surface area contributed by atoms with Crippen LogP contribution >= 0.6 is 0 Å². The molecule has 4 heterocycles. The SMILES string of the molecule is CC1(C)CCC(CN2CCN(c3ccc(C(=O)NS(=O)(=O)c4ccc(NCC5CCOCC5)c([N+](=O)[O-])c4)c(Oc4cnc5[nH]ccc5c4)c3)CC2)=C(C23CC(F)(C2)C3)C1. The minimum atomic E-state index is -4.55. The average molecular weight is 842 g/mol. The number of hydrogen-bond acceptors (Lipinski definition) is 11. The van der Waals surface area contributed by atoms with E-state index in [-0.39, 0.29) is 33.7 Å². The number of sulfonamides is 1. The number of halogens is 1. The zero-order chi connectivity index (χ0) is 41.9. The molecule has 3 N–H and O–H groups in total. The van der Waals surface area contributed by atoms with Crippen molar-refractivity contribution < 1.29 is 32.0 Å². The van der Waals surface area contributed by atoms with Crippen LogP contribution in [0.5, 0.6) is 11.5 Å². The fourth-order valence-electron chi connectivity index (χ4n) is 9.99. The molecule has 1 amide bonds. The first-order chi connectivity index (χ1) is 28.7. The number of ether oxygens (including phenoxy) is 2. The Morgan fingerprint density at radius 2 is 1.83 bits per heavy atom. The Bertz CT molecular complexity index is 2450. The van der Waals surface area contributed by atoms with Gasteiger partial charge in [0.05, 0.1) is 21.6 Å². The van der Waals surface area contributed by atoms with Crippen LogP contribution in [0.2, 0.25) is 0 Å². The molecule has 2 saturated heterocycles. The highest BCUT2D eigenvalue weighted by atomic mass is 32.2. The highest BCUT2D eigenvalue weighted by Crippen LogP contribution is 2.74. The van der Waals surface area contributed by atoms with Crippen LogP contribution in [0.25, 0.3) is 11.0 Å². The summed E-state index contributed by atoms with van der Waals surface area (Å²) in [5.41, 5.74) is 3.63. The Morgan fingerprint density at radius 3 is 2.57 bits per heavy atom. The second-order valence-electron chi connectivity index (χ2n) is 18.3. The maximum absolute atomic E-state index is 14.7. The number of fused-ring (bicyclic) bond motifs is 1. The lowest BCUT2D eigenvalue weighted by molar-refractivity contribution is -0.384. The van der Waals surface area contributed by atoms with Gasteiger partial charge in [-0.15, -0.1) is 0 Å². The molecule has 5 fully saturated rings. The van der Waals surface area contributed by atoms with Gasteiger partial charge in [-0.05, 0) is 99.1 Å². The Hall–Kier alpha value is -5.06. The second-order valence-corrected chi connectivity index (χ2v) is 20.0. The number of amides is 1. The molecule has 2 aromatic carbocycles. The Labute approximate surface area is 349 Å². The number of anilines is 2. The summed E-state index contributed by atoms with van der Waals surface area (Å²) in [6.45, 7) is 10.4. The fraction of sp³-hybridized carbons (Fsp3) is 0.500. The number of pyridine rings is 1. The molecule has 4 aromatic rings. The van der Waals surface area contributed by atoms with Gasteiger partial charge in [-0.3, -0.25) is 19.8 Å². The molecule has 60 heavy (non-hydrogen) atoms. The van der Waals surface area contributed by atoms with E-state index >= 15 is 0 Å². The summed E-state index contributed by atoms with van der Waals surface area (Å²) >= 11 is 0. The molecule has 2 aromatic heterocycles. The van der Waals surface area contributed by atoms with Crippen molar-refractivity contribution in [3.8, 4) is 11.5 Å². The van der Waals surface area contributed by atoms with Gasteiger partial charge in [-0.25, -0.2) is 22.5 Å². The fourth-order valence-corrected chi connectivity index (χ4v) is 11.0. The molecule has 0 spiro atoms. The minimum Gasteiger partial charge on any atom is -0.455 e. The maximum Gasteiger partial charge on any atom is 0.293 e. The largest absolute Gasteiger partial charge is 0.455 e. The van der Waals surface area contributed by atoms with Gasteiger partial charge in [0.2, 0.25) is 0 Å². The number of rotatable bonds is 13. The summed E-state index contributed by atoms with van der Waals surface area (Å²) in [6, 6.07) is 12.2. The molecule has 0 atom stereocenters. The van der Waals surface area contributed by atoms with Gasteiger partial charge in [0.1, 0.15) is 28.5 Å². The van der Waals surface area contributed by atoms with Gasteiger partial charge in [0.25, 0.3) is 21.6 Å².